The second-order valence-corrected chi connectivity index (χ2v) is 5.51. The number of anilines is 1. The van der Waals surface area contributed by atoms with Gasteiger partial charge >= 0.3 is 0 Å². The summed E-state index contributed by atoms with van der Waals surface area (Å²) >= 11 is 0. The van der Waals surface area contributed by atoms with E-state index in [1.54, 1.807) is 0 Å². The highest BCUT2D eigenvalue weighted by Gasteiger charge is 2.33. The first-order valence-corrected chi connectivity index (χ1v) is 7.65. The Balaban J connectivity index is 1.94. The Morgan fingerprint density at radius 2 is 2.10 bits per heavy atom. The molecule has 2 atom stereocenters. The van der Waals surface area contributed by atoms with Crippen LogP contribution in [0.1, 0.15) is 26.2 Å². The van der Waals surface area contributed by atoms with Crippen molar-refractivity contribution in [3.8, 4) is 5.69 Å². The summed E-state index contributed by atoms with van der Waals surface area (Å²) in [6, 6.07) is 10.5. The molecule has 1 aliphatic carbocycles. The molecule has 21 heavy (non-hydrogen) atoms. The summed E-state index contributed by atoms with van der Waals surface area (Å²) in [6.07, 6.45) is 3.60. The molecular weight excluding hydrogens is 264 g/mol. The number of benzene rings is 1. The number of rotatable bonds is 5. The van der Waals surface area contributed by atoms with Crippen LogP contribution in [-0.2, 0) is 0 Å². The molecule has 0 bridgehead atoms. The molecule has 112 valence electrons. The quantitative estimate of drug-likeness (QED) is 0.904. The number of aromatic nitrogens is 4. The second kappa shape index (κ2) is 6.22. The van der Waals surface area contributed by atoms with Crippen LogP contribution in [0.25, 0.3) is 5.69 Å². The molecule has 0 radical (unpaired) electrons. The SMILES string of the molecule is CCN(c1nnnn1-c1ccccc1)C1CCCC1CN. The number of tetrazole rings is 1. The van der Waals surface area contributed by atoms with Crippen LogP contribution in [0, 0.1) is 5.92 Å². The van der Waals surface area contributed by atoms with Crippen LogP contribution in [-0.4, -0.2) is 39.3 Å². The highest BCUT2D eigenvalue weighted by Crippen LogP contribution is 2.31. The number of hydrogen-bond acceptors (Lipinski definition) is 5. The molecular formula is C15H22N6. The normalized spacial score (nSPS) is 21.6. The van der Waals surface area contributed by atoms with Crippen molar-refractivity contribution in [1.29, 1.82) is 0 Å². The first-order chi connectivity index (χ1) is 10.3. The predicted molar refractivity (Wildman–Crippen MR) is 82.4 cm³/mol. The van der Waals surface area contributed by atoms with Gasteiger partial charge in [0.2, 0.25) is 0 Å². The molecule has 6 nitrogen and oxygen atoms in total. The van der Waals surface area contributed by atoms with E-state index in [4.69, 9.17) is 5.73 Å². The molecule has 1 aromatic carbocycles. The van der Waals surface area contributed by atoms with Gasteiger partial charge in [0.25, 0.3) is 5.95 Å². The van der Waals surface area contributed by atoms with Crippen molar-refractivity contribution < 1.29 is 0 Å². The van der Waals surface area contributed by atoms with E-state index < -0.39 is 0 Å². The van der Waals surface area contributed by atoms with Crippen molar-refractivity contribution in [3.05, 3.63) is 30.3 Å². The Morgan fingerprint density at radius 3 is 2.81 bits per heavy atom. The van der Waals surface area contributed by atoms with Gasteiger partial charge in [-0.25, -0.2) is 0 Å². The maximum atomic E-state index is 5.93. The summed E-state index contributed by atoms with van der Waals surface area (Å²) < 4.78 is 1.81. The number of nitrogens with zero attached hydrogens (tertiary/aromatic N) is 5. The average molecular weight is 286 g/mol. The molecule has 2 N–H and O–H groups in total. The van der Waals surface area contributed by atoms with Gasteiger partial charge in [-0.3, -0.25) is 0 Å². The molecule has 1 aromatic heterocycles. The van der Waals surface area contributed by atoms with E-state index in [1.165, 1.54) is 12.8 Å². The molecule has 1 heterocycles. The third kappa shape index (κ3) is 2.63. The van der Waals surface area contributed by atoms with E-state index in [0.717, 1.165) is 31.1 Å². The van der Waals surface area contributed by atoms with E-state index in [2.05, 4.69) is 27.3 Å². The van der Waals surface area contributed by atoms with E-state index >= 15 is 0 Å². The van der Waals surface area contributed by atoms with Gasteiger partial charge in [-0.05, 0) is 54.8 Å². The Hall–Kier alpha value is -1.95. The summed E-state index contributed by atoms with van der Waals surface area (Å²) in [5.74, 6) is 1.35. The highest BCUT2D eigenvalue weighted by molar-refractivity contribution is 5.41. The molecule has 0 saturated heterocycles. The molecule has 6 heteroatoms. The maximum absolute atomic E-state index is 5.93. The van der Waals surface area contributed by atoms with Crippen molar-refractivity contribution in [1.82, 2.24) is 20.2 Å². The largest absolute Gasteiger partial charge is 0.336 e. The zero-order valence-corrected chi connectivity index (χ0v) is 12.4. The van der Waals surface area contributed by atoms with Crippen molar-refractivity contribution in [2.24, 2.45) is 11.7 Å². The summed E-state index contributed by atoms with van der Waals surface area (Å²) in [5, 5.41) is 12.3. The van der Waals surface area contributed by atoms with Crippen molar-refractivity contribution in [2.45, 2.75) is 32.2 Å². The summed E-state index contributed by atoms with van der Waals surface area (Å²) in [7, 11) is 0. The molecule has 1 saturated carbocycles. The lowest BCUT2D eigenvalue weighted by Crippen LogP contribution is -2.41. The Kier molecular flexibility index (Phi) is 4.15. The molecule has 1 fully saturated rings. The molecule has 2 unspecified atom stereocenters. The Labute approximate surface area is 124 Å². The summed E-state index contributed by atoms with van der Waals surface area (Å²) in [5.41, 5.74) is 6.92. The molecule has 3 rings (SSSR count). The maximum Gasteiger partial charge on any atom is 0.250 e. The smallest absolute Gasteiger partial charge is 0.250 e. The first-order valence-electron chi connectivity index (χ1n) is 7.65. The predicted octanol–water partition coefficient (Wildman–Crippen LogP) is 1.62. The van der Waals surface area contributed by atoms with Crippen molar-refractivity contribution >= 4 is 5.95 Å². The van der Waals surface area contributed by atoms with Crippen LogP contribution in [0.3, 0.4) is 0 Å². The fourth-order valence-electron chi connectivity index (χ4n) is 3.32. The molecule has 0 amide bonds. The second-order valence-electron chi connectivity index (χ2n) is 5.51. The number of para-hydroxylation sites is 1. The Bertz CT molecular complexity index is 567. The first kappa shape index (κ1) is 14.0. The molecule has 1 aliphatic rings. The van der Waals surface area contributed by atoms with E-state index in [0.29, 0.717) is 12.0 Å². The van der Waals surface area contributed by atoms with Gasteiger partial charge in [-0.2, -0.15) is 4.68 Å². The lowest BCUT2D eigenvalue weighted by atomic mass is 10.0. The minimum absolute atomic E-state index is 0.438. The topological polar surface area (TPSA) is 72.9 Å². The summed E-state index contributed by atoms with van der Waals surface area (Å²) in [4.78, 5) is 2.30. The van der Waals surface area contributed by atoms with Crippen LogP contribution in [0.2, 0.25) is 0 Å². The van der Waals surface area contributed by atoms with E-state index in [9.17, 15) is 0 Å². The highest BCUT2D eigenvalue weighted by atomic mass is 15.6. The number of hydrogen-bond donors (Lipinski definition) is 1. The summed E-state index contributed by atoms with van der Waals surface area (Å²) in [6.45, 7) is 3.76. The molecule has 0 spiro atoms. The average Bonchev–Trinajstić information content (AvgIpc) is 3.18. The van der Waals surface area contributed by atoms with Crippen LogP contribution in [0.15, 0.2) is 30.3 Å². The third-order valence-corrected chi connectivity index (χ3v) is 4.37. The van der Waals surface area contributed by atoms with Gasteiger partial charge in [0.05, 0.1) is 5.69 Å². The zero-order valence-electron chi connectivity index (χ0n) is 12.4. The van der Waals surface area contributed by atoms with E-state index in [-0.39, 0.29) is 0 Å². The van der Waals surface area contributed by atoms with Crippen LogP contribution < -0.4 is 10.6 Å². The fourth-order valence-corrected chi connectivity index (χ4v) is 3.32. The van der Waals surface area contributed by atoms with Gasteiger partial charge < -0.3 is 10.6 Å². The zero-order chi connectivity index (χ0) is 14.7. The lowest BCUT2D eigenvalue weighted by molar-refractivity contribution is 0.454. The van der Waals surface area contributed by atoms with Gasteiger partial charge in [0.15, 0.2) is 0 Å². The lowest BCUT2D eigenvalue weighted by Gasteiger charge is -2.32. The fraction of sp³-hybridized carbons (Fsp3) is 0.533. The van der Waals surface area contributed by atoms with Gasteiger partial charge in [-0.15, -0.1) is 0 Å². The number of nitrogens with two attached hydrogens (primary N) is 1. The minimum Gasteiger partial charge on any atom is -0.336 e. The van der Waals surface area contributed by atoms with Gasteiger partial charge in [0, 0.05) is 12.6 Å². The standard InChI is InChI=1S/C15H22N6/c1-2-20(14-10-6-7-12(14)11-16)15-17-18-19-21(15)13-8-4-3-5-9-13/h3-5,8-9,12,14H,2,6-7,10-11,16H2,1H3. The minimum atomic E-state index is 0.438. The van der Waals surface area contributed by atoms with Gasteiger partial charge in [-0.1, -0.05) is 29.7 Å². The molecule has 2 aromatic rings. The van der Waals surface area contributed by atoms with E-state index in [1.807, 2.05) is 35.0 Å². The third-order valence-electron chi connectivity index (χ3n) is 4.37. The van der Waals surface area contributed by atoms with Crippen LogP contribution in [0.5, 0.6) is 0 Å². The van der Waals surface area contributed by atoms with Crippen LogP contribution >= 0.6 is 0 Å². The van der Waals surface area contributed by atoms with Crippen LogP contribution in [0.4, 0.5) is 5.95 Å². The van der Waals surface area contributed by atoms with Gasteiger partial charge in [0.1, 0.15) is 0 Å². The molecule has 0 aliphatic heterocycles. The Morgan fingerprint density at radius 1 is 1.29 bits per heavy atom. The van der Waals surface area contributed by atoms with Crippen molar-refractivity contribution in [3.63, 3.8) is 0 Å². The monoisotopic (exact) mass is 286 g/mol. The van der Waals surface area contributed by atoms with Crippen molar-refractivity contribution in [2.75, 3.05) is 18.0 Å².